The van der Waals surface area contributed by atoms with Crippen molar-refractivity contribution < 1.29 is 19.1 Å². The van der Waals surface area contributed by atoms with Crippen LogP contribution in [-0.2, 0) is 16.0 Å². The molecule has 0 saturated heterocycles. The highest BCUT2D eigenvalue weighted by Gasteiger charge is 2.19. The first-order valence-electron chi connectivity index (χ1n) is 7.69. The lowest BCUT2D eigenvalue weighted by molar-refractivity contribution is -0.123. The summed E-state index contributed by atoms with van der Waals surface area (Å²) in [6.07, 6.45) is 0.675. The molecule has 2 aromatic carbocycles. The summed E-state index contributed by atoms with van der Waals surface area (Å²) in [6.45, 7) is 3.56. The third-order valence-corrected chi connectivity index (χ3v) is 3.57. The number of esters is 1. The molecule has 0 unspecified atom stereocenters. The lowest BCUT2D eigenvalue weighted by atomic mass is 10.1. The van der Waals surface area contributed by atoms with E-state index in [2.05, 4.69) is 12.2 Å². The zero-order chi connectivity index (χ0) is 17.5. The molecule has 1 N–H and O–H groups in total. The van der Waals surface area contributed by atoms with Gasteiger partial charge in [-0.2, -0.15) is 0 Å². The molecule has 0 fully saturated rings. The molecule has 1 amide bonds. The van der Waals surface area contributed by atoms with Crippen LogP contribution in [0.3, 0.4) is 0 Å². The SMILES string of the molecule is CCc1ccc(NC(=O)[C@H](C)OC(=O)c2ccc(C=O)cc2)cc1. The van der Waals surface area contributed by atoms with Crippen molar-refractivity contribution in [2.24, 2.45) is 0 Å². The molecule has 24 heavy (non-hydrogen) atoms. The highest BCUT2D eigenvalue weighted by Crippen LogP contribution is 2.12. The molecule has 0 aliphatic heterocycles. The lowest BCUT2D eigenvalue weighted by Crippen LogP contribution is -2.30. The Kier molecular flexibility index (Phi) is 5.84. The highest BCUT2D eigenvalue weighted by atomic mass is 16.5. The van der Waals surface area contributed by atoms with Gasteiger partial charge in [0.05, 0.1) is 5.56 Å². The first-order valence-corrected chi connectivity index (χ1v) is 7.69. The number of benzene rings is 2. The summed E-state index contributed by atoms with van der Waals surface area (Å²) in [5.41, 5.74) is 2.57. The van der Waals surface area contributed by atoms with Gasteiger partial charge in [-0.3, -0.25) is 9.59 Å². The topological polar surface area (TPSA) is 72.5 Å². The standard InChI is InChI=1S/C19H19NO4/c1-3-14-6-10-17(11-7-14)20-18(22)13(2)24-19(23)16-8-4-15(12-21)5-9-16/h4-13H,3H2,1-2H3,(H,20,22)/t13-/m0/s1. The number of carbonyl (C=O) groups is 3. The fourth-order valence-electron chi connectivity index (χ4n) is 2.05. The van der Waals surface area contributed by atoms with E-state index in [9.17, 15) is 14.4 Å². The Hall–Kier alpha value is -2.95. The van der Waals surface area contributed by atoms with Crippen molar-refractivity contribution in [2.75, 3.05) is 5.32 Å². The molecule has 5 heteroatoms. The molecule has 2 rings (SSSR count). The second-order valence-electron chi connectivity index (χ2n) is 5.33. The lowest BCUT2D eigenvalue weighted by Gasteiger charge is -2.14. The first kappa shape index (κ1) is 17.4. The van der Waals surface area contributed by atoms with Gasteiger partial charge in [0.2, 0.25) is 0 Å². The van der Waals surface area contributed by atoms with Crippen molar-refractivity contribution in [3.05, 3.63) is 65.2 Å². The molecular weight excluding hydrogens is 306 g/mol. The molecule has 2 aromatic rings. The van der Waals surface area contributed by atoms with Crippen molar-refractivity contribution >= 4 is 23.9 Å². The van der Waals surface area contributed by atoms with Gasteiger partial charge in [0, 0.05) is 11.3 Å². The number of aryl methyl sites for hydroxylation is 1. The number of amides is 1. The van der Waals surface area contributed by atoms with Gasteiger partial charge in [-0.1, -0.05) is 31.2 Å². The number of rotatable bonds is 6. The Balaban J connectivity index is 1.94. The van der Waals surface area contributed by atoms with E-state index in [-0.39, 0.29) is 5.56 Å². The van der Waals surface area contributed by atoms with Gasteiger partial charge in [-0.05, 0) is 43.2 Å². The van der Waals surface area contributed by atoms with Crippen molar-refractivity contribution in [1.82, 2.24) is 0 Å². The molecular formula is C19H19NO4. The summed E-state index contributed by atoms with van der Waals surface area (Å²) in [4.78, 5) is 34.7. The molecule has 0 bridgehead atoms. The number of anilines is 1. The summed E-state index contributed by atoms with van der Waals surface area (Å²) in [7, 11) is 0. The summed E-state index contributed by atoms with van der Waals surface area (Å²) in [5, 5.41) is 2.71. The molecule has 1 atom stereocenters. The Bertz CT molecular complexity index is 720. The van der Waals surface area contributed by atoms with Gasteiger partial charge in [-0.25, -0.2) is 4.79 Å². The van der Waals surface area contributed by atoms with Gasteiger partial charge < -0.3 is 10.1 Å². The maximum absolute atomic E-state index is 12.1. The van der Waals surface area contributed by atoms with E-state index in [1.807, 2.05) is 24.3 Å². The van der Waals surface area contributed by atoms with Gasteiger partial charge in [0.1, 0.15) is 6.29 Å². The summed E-state index contributed by atoms with van der Waals surface area (Å²) in [6, 6.07) is 13.5. The van der Waals surface area contributed by atoms with Crippen molar-refractivity contribution in [1.29, 1.82) is 0 Å². The molecule has 0 spiro atoms. The van der Waals surface area contributed by atoms with Crippen LogP contribution < -0.4 is 5.32 Å². The van der Waals surface area contributed by atoms with E-state index in [0.717, 1.165) is 6.42 Å². The number of ether oxygens (including phenoxy) is 1. The second kappa shape index (κ2) is 8.06. The molecule has 124 valence electrons. The molecule has 0 saturated carbocycles. The smallest absolute Gasteiger partial charge is 0.338 e. The molecule has 0 radical (unpaired) electrons. The number of carbonyl (C=O) groups excluding carboxylic acids is 3. The highest BCUT2D eigenvalue weighted by molar-refractivity contribution is 5.97. The number of nitrogens with one attached hydrogen (secondary N) is 1. The molecule has 5 nitrogen and oxygen atoms in total. The fourth-order valence-corrected chi connectivity index (χ4v) is 2.05. The largest absolute Gasteiger partial charge is 0.449 e. The van der Waals surface area contributed by atoms with E-state index in [4.69, 9.17) is 4.74 Å². The first-order chi connectivity index (χ1) is 11.5. The average molecular weight is 325 g/mol. The predicted molar refractivity (Wildman–Crippen MR) is 91.2 cm³/mol. The Morgan fingerprint density at radius 1 is 1.08 bits per heavy atom. The van der Waals surface area contributed by atoms with Crippen LogP contribution in [0.25, 0.3) is 0 Å². The molecule has 0 heterocycles. The van der Waals surface area contributed by atoms with Gasteiger partial charge >= 0.3 is 5.97 Å². The average Bonchev–Trinajstić information content (AvgIpc) is 2.62. The fraction of sp³-hybridized carbons (Fsp3) is 0.211. The minimum absolute atomic E-state index is 0.285. The van der Waals surface area contributed by atoms with E-state index in [0.29, 0.717) is 17.5 Å². The predicted octanol–water partition coefficient (Wildman–Crippen LogP) is 3.25. The van der Waals surface area contributed by atoms with Gasteiger partial charge in [-0.15, -0.1) is 0 Å². The maximum atomic E-state index is 12.1. The Morgan fingerprint density at radius 2 is 1.71 bits per heavy atom. The number of aldehydes is 1. The van der Waals surface area contributed by atoms with Crippen molar-refractivity contribution in [3.63, 3.8) is 0 Å². The third-order valence-electron chi connectivity index (χ3n) is 3.57. The summed E-state index contributed by atoms with van der Waals surface area (Å²) >= 11 is 0. The van der Waals surface area contributed by atoms with Crippen LogP contribution in [0.15, 0.2) is 48.5 Å². The summed E-state index contributed by atoms with van der Waals surface area (Å²) < 4.78 is 5.15. The zero-order valence-electron chi connectivity index (χ0n) is 13.6. The molecule has 0 aromatic heterocycles. The molecule has 0 aliphatic carbocycles. The van der Waals surface area contributed by atoms with Crippen LogP contribution in [0.5, 0.6) is 0 Å². The van der Waals surface area contributed by atoms with Crippen molar-refractivity contribution in [2.45, 2.75) is 26.4 Å². The third kappa shape index (κ3) is 4.52. The van der Waals surface area contributed by atoms with E-state index in [1.54, 1.807) is 0 Å². The minimum Gasteiger partial charge on any atom is -0.449 e. The number of hydrogen-bond donors (Lipinski definition) is 1. The van der Waals surface area contributed by atoms with E-state index >= 15 is 0 Å². The van der Waals surface area contributed by atoms with Crippen LogP contribution >= 0.6 is 0 Å². The van der Waals surface area contributed by atoms with E-state index in [1.165, 1.54) is 36.8 Å². The Morgan fingerprint density at radius 3 is 2.25 bits per heavy atom. The molecule has 0 aliphatic rings. The van der Waals surface area contributed by atoms with Crippen LogP contribution in [0, 0.1) is 0 Å². The minimum atomic E-state index is -0.936. The van der Waals surface area contributed by atoms with Gasteiger partial charge in [0.25, 0.3) is 5.91 Å². The van der Waals surface area contributed by atoms with Crippen LogP contribution in [0.2, 0.25) is 0 Å². The Labute approximate surface area is 140 Å². The van der Waals surface area contributed by atoms with Crippen LogP contribution in [0.4, 0.5) is 5.69 Å². The zero-order valence-corrected chi connectivity index (χ0v) is 13.6. The van der Waals surface area contributed by atoms with Crippen LogP contribution in [0.1, 0.15) is 40.1 Å². The summed E-state index contributed by atoms with van der Waals surface area (Å²) in [5.74, 6) is -1.02. The second-order valence-corrected chi connectivity index (χ2v) is 5.33. The maximum Gasteiger partial charge on any atom is 0.338 e. The normalized spacial score (nSPS) is 11.4. The van der Waals surface area contributed by atoms with Gasteiger partial charge in [0.15, 0.2) is 6.10 Å². The quantitative estimate of drug-likeness (QED) is 0.653. The van der Waals surface area contributed by atoms with Crippen LogP contribution in [-0.4, -0.2) is 24.3 Å². The van der Waals surface area contributed by atoms with Crippen molar-refractivity contribution in [3.8, 4) is 0 Å². The number of hydrogen-bond acceptors (Lipinski definition) is 4. The van der Waals surface area contributed by atoms with E-state index < -0.39 is 18.0 Å². The monoisotopic (exact) mass is 325 g/mol.